The highest BCUT2D eigenvalue weighted by Crippen LogP contribution is 2.36. The SMILES string of the molecule is OC1CC(CN2CCC(c3ccccc3)CC2)CCc2c(Br)cccc21. The van der Waals surface area contributed by atoms with Crippen LogP contribution in [0.15, 0.2) is 53.0 Å². The Morgan fingerprint density at radius 3 is 2.50 bits per heavy atom. The third-order valence-corrected chi connectivity index (χ3v) is 6.99. The van der Waals surface area contributed by atoms with E-state index >= 15 is 0 Å². The standard InChI is InChI=1S/C23H28BrNO/c24-22-8-4-7-21-20(22)10-9-17(15-23(21)26)16-25-13-11-19(12-14-25)18-5-2-1-3-6-18/h1-8,17,19,23,26H,9-16H2. The molecule has 1 aliphatic carbocycles. The van der Waals surface area contributed by atoms with Crippen LogP contribution in [0.1, 0.15) is 54.4 Å². The second kappa shape index (κ2) is 8.24. The molecule has 0 aromatic heterocycles. The fourth-order valence-corrected chi connectivity index (χ4v) is 5.35. The van der Waals surface area contributed by atoms with Crippen LogP contribution in [-0.4, -0.2) is 29.6 Å². The summed E-state index contributed by atoms with van der Waals surface area (Å²) in [5.74, 6) is 1.30. The third kappa shape index (κ3) is 4.05. The van der Waals surface area contributed by atoms with E-state index in [4.69, 9.17) is 0 Å². The van der Waals surface area contributed by atoms with E-state index in [1.54, 1.807) is 0 Å². The quantitative estimate of drug-likeness (QED) is 0.688. The zero-order chi connectivity index (χ0) is 17.9. The zero-order valence-corrected chi connectivity index (χ0v) is 16.9. The second-order valence-corrected chi connectivity index (χ2v) is 8.80. The summed E-state index contributed by atoms with van der Waals surface area (Å²) in [6, 6.07) is 17.2. The average molecular weight is 414 g/mol. The van der Waals surface area contributed by atoms with Gasteiger partial charge in [-0.05, 0) is 79.8 Å². The predicted octanol–water partition coefficient (Wildman–Crippen LogP) is 5.31. The van der Waals surface area contributed by atoms with Crippen LogP contribution in [-0.2, 0) is 6.42 Å². The smallest absolute Gasteiger partial charge is 0.0796 e. The molecule has 2 aliphatic rings. The van der Waals surface area contributed by atoms with Crippen molar-refractivity contribution in [1.29, 1.82) is 0 Å². The molecule has 1 saturated heterocycles. The predicted molar refractivity (Wildman–Crippen MR) is 110 cm³/mol. The van der Waals surface area contributed by atoms with Crippen LogP contribution in [0.2, 0.25) is 0 Å². The molecule has 26 heavy (non-hydrogen) atoms. The average Bonchev–Trinajstić information content (AvgIpc) is 2.83. The second-order valence-electron chi connectivity index (χ2n) is 7.95. The summed E-state index contributed by atoms with van der Waals surface area (Å²) in [5, 5.41) is 10.7. The molecule has 0 saturated carbocycles. The number of rotatable bonds is 3. The van der Waals surface area contributed by atoms with E-state index in [2.05, 4.69) is 63.3 Å². The molecule has 2 aromatic carbocycles. The van der Waals surface area contributed by atoms with E-state index in [1.807, 2.05) is 6.07 Å². The Bertz CT molecular complexity index is 724. The van der Waals surface area contributed by atoms with E-state index in [-0.39, 0.29) is 6.10 Å². The molecule has 1 aliphatic heterocycles. The molecule has 1 heterocycles. The summed E-state index contributed by atoms with van der Waals surface area (Å²) >= 11 is 3.67. The Morgan fingerprint density at radius 2 is 1.73 bits per heavy atom. The molecule has 3 heteroatoms. The number of likely N-dealkylation sites (tertiary alicyclic amines) is 1. The Labute approximate surface area is 165 Å². The summed E-state index contributed by atoms with van der Waals surface area (Å²) in [5.41, 5.74) is 3.94. The van der Waals surface area contributed by atoms with Crippen LogP contribution < -0.4 is 0 Å². The van der Waals surface area contributed by atoms with Gasteiger partial charge in [0, 0.05) is 11.0 Å². The lowest BCUT2D eigenvalue weighted by Crippen LogP contribution is -2.36. The number of benzene rings is 2. The van der Waals surface area contributed by atoms with Gasteiger partial charge in [-0.1, -0.05) is 58.4 Å². The molecule has 0 amide bonds. The summed E-state index contributed by atoms with van der Waals surface area (Å²) < 4.78 is 1.15. The number of hydrogen-bond acceptors (Lipinski definition) is 2. The highest BCUT2D eigenvalue weighted by molar-refractivity contribution is 9.10. The number of aliphatic hydroxyl groups excluding tert-OH is 1. The Morgan fingerprint density at radius 1 is 0.962 bits per heavy atom. The van der Waals surface area contributed by atoms with Gasteiger partial charge in [-0.25, -0.2) is 0 Å². The number of nitrogens with zero attached hydrogens (tertiary/aromatic N) is 1. The van der Waals surface area contributed by atoms with Gasteiger partial charge in [-0.2, -0.15) is 0 Å². The van der Waals surface area contributed by atoms with E-state index in [9.17, 15) is 5.11 Å². The third-order valence-electron chi connectivity index (χ3n) is 6.25. The first-order valence-electron chi connectivity index (χ1n) is 9.93. The number of halogens is 1. The molecular formula is C23H28BrNO. The minimum Gasteiger partial charge on any atom is -0.388 e. The van der Waals surface area contributed by atoms with Crippen LogP contribution in [0.4, 0.5) is 0 Å². The Balaban J connectivity index is 1.34. The molecule has 0 spiro atoms. The van der Waals surface area contributed by atoms with Crippen molar-refractivity contribution in [2.24, 2.45) is 5.92 Å². The first kappa shape index (κ1) is 18.2. The van der Waals surface area contributed by atoms with E-state index in [0.717, 1.165) is 29.4 Å². The van der Waals surface area contributed by atoms with Gasteiger partial charge < -0.3 is 10.0 Å². The molecular weight excluding hydrogens is 386 g/mol. The summed E-state index contributed by atoms with van der Waals surface area (Å²) in [6.45, 7) is 3.50. The summed E-state index contributed by atoms with van der Waals surface area (Å²) in [7, 11) is 0. The lowest BCUT2D eigenvalue weighted by molar-refractivity contribution is 0.117. The van der Waals surface area contributed by atoms with Crippen molar-refractivity contribution in [3.63, 3.8) is 0 Å². The molecule has 0 bridgehead atoms. The lowest BCUT2D eigenvalue weighted by atomic mass is 9.88. The fraction of sp³-hybridized carbons (Fsp3) is 0.478. The van der Waals surface area contributed by atoms with Gasteiger partial charge in [0.05, 0.1) is 6.10 Å². The summed E-state index contributed by atoms with van der Waals surface area (Å²) in [6.07, 6.45) is 5.32. The Hall–Kier alpha value is -1.16. The van der Waals surface area contributed by atoms with Crippen LogP contribution in [0.5, 0.6) is 0 Å². The molecule has 2 nitrogen and oxygen atoms in total. The maximum Gasteiger partial charge on any atom is 0.0796 e. The highest BCUT2D eigenvalue weighted by Gasteiger charge is 2.27. The van der Waals surface area contributed by atoms with Crippen molar-refractivity contribution < 1.29 is 5.11 Å². The first-order valence-corrected chi connectivity index (χ1v) is 10.7. The maximum atomic E-state index is 10.7. The van der Waals surface area contributed by atoms with Crippen molar-refractivity contribution in [2.45, 2.75) is 44.1 Å². The molecule has 4 rings (SSSR count). The van der Waals surface area contributed by atoms with E-state index < -0.39 is 0 Å². The van der Waals surface area contributed by atoms with Crippen LogP contribution in [0.3, 0.4) is 0 Å². The van der Waals surface area contributed by atoms with Crippen molar-refractivity contribution in [1.82, 2.24) is 4.90 Å². The molecule has 2 unspecified atom stereocenters. The largest absolute Gasteiger partial charge is 0.388 e. The van der Waals surface area contributed by atoms with Gasteiger partial charge >= 0.3 is 0 Å². The fourth-order valence-electron chi connectivity index (χ4n) is 4.77. The highest BCUT2D eigenvalue weighted by atomic mass is 79.9. The van der Waals surface area contributed by atoms with Crippen molar-refractivity contribution in [2.75, 3.05) is 19.6 Å². The zero-order valence-electron chi connectivity index (χ0n) is 15.3. The van der Waals surface area contributed by atoms with Gasteiger partial charge in [-0.15, -0.1) is 0 Å². The first-order chi connectivity index (χ1) is 12.7. The van der Waals surface area contributed by atoms with Gasteiger partial charge in [0.1, 0.15) is 0 Å². The number of piperidine rings is 1. The number of fused-ring (bicyclic) bond motifs is 1. The molecule has 1 N–H and O–H groups in total. The van der Waals surface area contributed by atoms with Crippen molar-refractivity contribution in [3.05, 3.63) is 69.7 Å². The maximum absolute atomic E-state index is 10.7. The van der Waals surface area contributed by atoms with Gasteiger partial charge in [0.15, 0.2) is 0 Å². The molecule has 0 radical (unpaired) electrons. The molecule has 138 valence electrons. The monoisotopic (exact) mass is 413 g/mol. The van der Waals surface area contributed by atoms with E-state index in [1.165, 1.54) is 43.5 Å². The molecule has 2 aromatic rings. The number of hydrogen-bond donors (Lipinski definition) is 1. The topological polar surface area (TPSA) is 23.5 Å². The number of aliphatic hydroxyl groups is 1. The molecule has 1 fully saturated rings. The van der Waals surface area contributed by atoms with Gasteiger partial charge in [0.25, 0.3) is 0 Å². The molecule has 2 atom stereocenters. The normalized spacial score (nSPS) is 24.8. The minimum atomic E-state index is -0.322. The lowest BCUT2D eigenvalue weighted by Gasteiger charge is -2.34. The minimum absolute atomic E-state index is 0.322. The van der Waals surface area contributed by atoms with Gasteiger partial charge in [-0.3, -0.25) is 0 Å². The van der Waals surface area contributed by atoms with Crippen LogP contribution in [0, 0.1) is 5.92 Å². The summed E-state index contributed by atoms with van der Waals surface area (Å²) in [4.78, 5) is 2.63. The van der Waals surface area contributed by atoms with Crippen molar-refractivity contribution in [3.8, 4) is 0 Å². The van der Waals surface area contributed by atoms with Crippen molar-refractivity contribution >= 4 is 15.9 Å². The van der Waals surface area contributed by atoms with Gasteiger partial charge in [0.2, 0.25) is 0 Å². The van der Waals surface area contributed by atoms with Crippen LogP contribution in [0.25, 0.3) is 0 Å². The van der Waals surface area contributed by atoms with E-state index in [0.29, 0.717) is 11.8 Å². The Kier molecular flexibility index (Phi) is 5.78. The van der Waals surface area contributed by atoms with Crippen LogP contribution >= 0.6 is 15.9 Å².